The zero-order chi connectivity index (χ0) is 12.2. The highest BCUT2D eigenvalue weighted by molar-refractivity contribution is 7.80. The molecule has 0 radical (unpaired) electrons. The Morgan fingerprint density at radius 3 is 2.31 bits per heavy atom. The van der Waals surface area contributed by atoms with E-state index in [0.29, 0.717) is 11.3 Å². The zero-order valence-corrected chi connectivity index (χ0v) is 11.8. The minimum atomic E-state index is 0.278. The molecule has 1 fully saturated rings. The molecule has 0 heterocycles. The van der Waals surface area contributed by atoms with E-state index in [1.54, 1.807) is 0 Å². The molecule has 1 saturated carbocycles. The number of rotatable bonds is 6. The maximum absolute atomic E-state index is 9.13. The van der Waals surface area contributed by atoms with Crippen LogP contribution in [0, 0.1) is 11.3 Å². The van der Waals surface area contributed by atoms with E-state index in [0.717, 1.165) is 24.9 Å². The first-order chi connectivity index (χ1) is 7.49. The van der Waals surface area contributed by atoms with Crippen LogP contribution in [-0.4, -0.2) is 41.5 Å². The van der Waals surface area contributed by atoms with E-state index < -0.39 is 0 Å². The van der Waals surface area contributed by atoms with E-state index in [1.165, 1.54) is 19.3 Å². The summed E-state index contributed by atoms with van der Waals surface area (Å²) < 4.78 is 0. The molecule has 0 saturated heterocycles. The van der Waals surface area contributed by atoms with Crippen LogP contribution in [0.1, 0.15) is 40.0 Å². The number of thiol groups is 1. The lowest BCUT2D eigenvalue weighted by Gasteiger charge is -2.41. The topological polar surface area (TPSA) is 23.5 Å². The number of hydrogen-bond donors (Lipinski definition) is 2. The van der Waals surface area contributed by atoms with E-state index in [-0.39, 0.29) is 6.61 Å². The summed E-state index contributed by atoms with van der Waals surface area (Å²) in [7, 11) is 0. The molecule has 0 aromatic heterocycles. The van der Waals surface area contributed by atoms with Gasteiger partial charge in [0.2, 0.25) is 0 Å². The SMILES string of the molecule is CC(C)(C)C(CS)CN(CCO)C1CCC1. The number of nitrogens with zero attached hydrogens (tertiary/aromatic N) is 1. The molecule has 1 aliphatic carbocycles. The van der Waals surface area contributed by atoms with Crippen molar-refractivity contribution in [2.45, 2.75) is 46.1 Å². The Kier molecular flexibility index (Phi) is 5.62. The van der Waals surface area contributed by atoms with E-state index in [1.807, 2.05) is 0 Å². The van der Waals surface area contributed by atoms with E-state index in [2.05, 4.69) is 38.3 Å². The van der Waals surface area contributed by atoms with Crippen LogP contribution in [-0.2, 0) is 0 Å². The van der Waals surface area contributed by atoms with Crippen molar-refractivity contribution >= 4 is 12.6 Å². The van der Waals surface area contributed by atoms with Gasteiger partial charge in [0.05, 0.1) is 6.61 Å². The molecule has 0 aliphatic heterocycles. The third-order valence-corrected chi connectivity index (χ3v) is 4.32. The minimum Gasteiger partial charge on any atom is -0.395 e. The Morgan fingerprint density at radius 2 is 2.00 bits per heavy atom. The maximum Gasteiger partial charge on any atom is 0.0558 e. The van der Waals surface area contributed by atoms with Gasteiger partial charge in [-0.1, -0.05) is 27.2 Å². The fraction of sp³-hybridized carbons (Fsp3) is 1.00. The van der Waals surface area contributed by atoms with Crippen LogP contribution in [0.3, 0.4) is 0 Å². The molecular weight excluding hydrogens is 218 g/mol. The van der Waals surface area contributed by atoms with Crippen molar-refractivity contribution in [2.75, 3.05) is 25.4 Å². The fourth-order valence-electron chi connectivity index (χ4n) is 2.19. The van der Waals surface area contributed by atoms with Gasteiger partial charge >= 0.3 is 0 Å². The lowest BCUT2D eigenvalue weighted by atomic mass is 9.80. The van der Waals surface area contributed by atoms with E-state index in [4.69, 9.17) is 5.11 Å². The van der Waals surface area contributed by atoms with Gasteiger partial charge < -0.3 is 5.11 Å². The average molecular weight is 245 g/mol. The van der Waals surface area contributed by atoms with Crippen LogP contribution >= 0.6 is 12.6 Å². The predicted molar refractivity (Wildman–Crippen MR) is 73.1 cm³/mol. The molecule has 1 unspecified atom stereocenters. The second-order valence-electron chi connectivity index (χ2n) is 6.05. The first-order valence-electron chi connectivity index (χ1n) is 6.44. The summed E-state index contributed by atoms with van der Waals surface area (Å²) in [5.74, 6) is 1.53. The van der Waals surface area contributed by atoms with Gasteiger partial charge in [-0.05, 0) is 29.9 Å². The first kappa shape index (κ1) is 14.3. The van der Waals surface area contributed by atoms with Crippen LogP contribution in [0.5, 0.6) is 0 Å². The second kappa shape index (κ2) is 6.27. The van der Waals surface area contributed by atoms with Crippen molar-refractivity contribution in [3.8, 4) is 0 Å². The summed E-state index contributed by atoms with van der Waals surface area (Å²) in [6, 6.07) is 0.719. The van der Waals surface area contributed by atoms with Gasteiger partial charge in [-0.25, -0.2) is 0 Å². The lowest BCUT2D eigenvalue weighted by molar-refractivity contribution is 0.0665. The molecule has 1 rings (SSSR count). The van der Waals surface area contributed by atoms with Crippen LogP contribution in [0.2, 0.25) is 0 Å². The van der Waals surface area contributed by atoms with Crippen LogP contribution in [0.4, 0.5) is 0 Å². The molecule has 3 heteroatoms. The molecule has 0 aromatic carbocycles. The highest BCUT2D eigenvalue weighted by Crippen LogP contribution is 2.31. The molecule has 0 aromatic rings. The summed E-state index contributed by atoms with van der Waals surface area (Å²) in [6.07, 6.45) is 3.97. The van der Waals surface area contributed by atoms with Gasteiger partial charge in [0.25, 0.3) is 0 Å². The van der Waals surface area contributed by atoms with Gasteiger partial charge in [-0.2, -0.15) is 12.6 Å². The van der Waals surface area contributed by atoms with Gasteiger partial charge in [-0.15, -0.1) is 0 Å². The smallest absolute Gasteiger partial charge is 0.0558 e. The highest BCUT2D eigenvalue weighted by Gasteiger charge is 2.30. The van der Waals surface area contributed by atoms with Crippen LogP contribution in [0.25, 0.3) is 0 Å². The Labute approximate surface area is 106 Å². The predicted octanol–water partition coefficient (Wildman–Crippen LogP) is 2.43. The summed E-state index contributed by atoms with van der Waals surface area (Å²) in [6.45, 7) is 9.03. The highest BCUT2D eigenvalue weighted by atomic mass is 32.1. The zero-order valence-electron chi connectivity index (χ0n) is 10.9. The van der Waals surface area contributed by atoms with Crippen molar-refractivity contribution in [3.05, 3.63) is 0 Å². The molecule has 16 heavy (non-hydrogen) atoms. The average Bonchev–Trinajstić information content (AvgIpc) is 2.09. The molecule has 96 valence electrons. The Balaban J connectivity index is 2.51. The van der Waals surface area contributed by atoms with Crippen molar-refractivity contribution in [2.24, 2.45) is 11.3 Å². The lowest BCUT2D eigenvalue weighted by Crippen LogP contribution is -2.46. The summed E-state index contributed by atoms with van der Waals surface area (Å²) in [4.78, 5) is 2.47. The van der Waals surface area contributed by atoms with Gasteiger partial charge in [-0.3, -0.25) is 4.90 Å². The Hall–Kier alpha value is 0.270. The molecule has 2 nitrogen and oxygen atoms in total. The molecule has 1 N–H and O–H groups in total. The molecule has 0 bridgehead atoms. The molecule has 0 spiro atoms. The van der Waals surface area contributed by atoms with Gasteiger partial charge in [0.15, 0.2) is 0 Å². The van der Waals surface area contributed by atoms with Crippen molar-refractivity contribution in [1.82, 2.24) is 4.90 Å². The third kappa shape index (κ3) is 3.94. The van der Waals surface area contributed by atoms with E-state index >= 15 is 0 Å². The number of aliphatic hydroxyl groups is 1. The van der Waals surface area contributed by atoms with Crippen molar-refractivity contribution < 1.29 is 5.11 Å². The van der Waals surface area contributed by atoms with E-state index in [9.17, 15) is 0 Å². The fourth-order valence-corrected chi connectivity index (χ4v) is 2.85. The largest absolute Gasteiger partial charge is 0.395 e. The molecular formula is C13H27NOS. The standard InChI is InChI=1S/C13H27NOS/c1-13(2,3)11(10-16)9-14(7-8-15)12-5-4-6-12/h11-12,15-16H,4-10H2,1-3H3. The Bertz CT molecular complexity index is 199. The number of aliphatic hydroxyl groups excluding tert-OH is 1. The van der Waals surface area contributed by atoms with Gasteiger partial charge in [0.1, 0.15) is 0 Å². The second-order valence-corrected chi connectivity index (χ2v) is 6.41. The molecule has 0 amide bonds. The number of hydrogen-bond acceptors (Lipinski definition) is 3. The summed E-state index contributed by atoms with van der Waals surface area (Å²) in [5, 5.41) is 9.13. The quantitative estimate of drug-likeness (QED) is 0.702. The Morgan fingerprint density at radius 1 is 1.38 bits per heavy atom. The minimum absolute atomic E-state index is 0.278. The van der Waals surface area contributed by atoms with Gasteiger partial charge in [0, 0.05) is 19.1 Å². The monoisotopic (exact) mass is 245 g/mol. The molecule has 1 atom stereocenters. The summed E-state index contributed by atoms with van der Waals surface area (Å²) in [5.41, 5.74) is 0.305. The van der Waals surface area contributed by atoms with Crippen LogP contribution in [0.15, 0.2) is 0 Å². The normalized spacial score (nSPS) is 19.9. The van der Waals surface area contributed by atoms with Crippen molar-refractivity contribution in [3.63, 3.8) is 0 Å². The van der Waals surface area contributed by atoms with Crippen molar-refractivity contribution in [1.29, 1.82) is 0 Å². The molecule has 1 aliphatic rings. The maximum atomic E-state index is 9.13. The van der Waals surface area contributed by atoms with Crippen LogP contribution < -0.4 is 0 Å². The summed E-state index contributed by atoms with van der Waals surface area (Å²) >= 11 is 4.48. The first-order valence-corrected chi connectivity index (χ1v) is 7.08. The third-order valence-electron chi connectivity index (χ3n) is 3.88.